The lowest BCUT2D eigenvalue weighted by Crippen LogP contribution is -1.97. The van der Waals surface area contributed by atoms with Crippen molar-refractivity contribution in [2.45, 2.75) is 13.5 Å². The van der Waals surface area contributed by atoms with E-state index in [2.05, 4.69) is 15.8 Å². The molecule has 3 aromatic rings. The van der Waals surface area contributed by atoms with Crippen molar-refractivity contribution in [3.63, 3.8) is 0 Å². The maximum absolute atomic E-state index is 8.93. The topological polar surface area (TPSA) is 54.8 Å². The van der Waals surface area contributed by atoms with Gasteiger partial charge >= 0.3 is 0 Å². The van der Waals surface area contributed by atoms with Gasteiger partial charge in [0.05, 0.1) is 18.2 Å². The molecular weight excluding hydrogens is 226 g/mol. The van der Waals surface area contributed by atoms with Crippen LogP contribution in [0.15, 0.2) is 41.1 Å². The predicted molar refractivity (Wildman–Crippen MR) is 67.0 cm³/mol. The highest BCUT2D eigenvalue weighted by Crippen LogP contribution is 2.18. The van der Waals surface area contributed by atoms with Crippen molar-refractivity contribution in [1.29, 1.82) is 5.26 Å². The summed E-state index contributed by atoms with van der Waals surface area (Å²) < 4.78 is 7.12. The van der Waals surface area contributed by atoms with E-state index in [9.17, 15) is 0 Å². The van der Waals surface area contributed by atoms with Gasteiger partial charge in [0.25, 0.3) is 0 Å². The molecule has 0 saturated heterocycles. The Bertz CT molecular complexity index is 746. The summed E-state index contributed by atoms with van der Waals surface area (Å²) in [6.07, 6.45) is 2.00. The lowest BCUT2D eigenvalue weighted by atomic mass is 10.2. The molecule has 0 aliphatic carbocycles. The molecule has 0 spiro atoms. The molecular formula is C14H11N3O. The van der Waals surface area contributed by atoms with Gasteiger partial charge in [-0.2, -0.15) is 5.26 Å². The highest BCUT2D eigenvalue weighted by atomic mass is 16.5. The maximum atomic E-state index is 8.93. The van der Waals surface area contributed by atoms with Crippen LogP contribution in [0.4, 0.5) is 0 Å². The van der Waals surface area contributed by atoms with E-state index in [1.165, 1.54) is 0 Å². The zero-order valence-electron chi connectivity index (χ0n) is 9.92. The summed E-state index contributed by atoms with van der Waals surface area (Å²) in [6.45, 7) is 2.52. The van der Waals surface area contributed by atoms with Crippen LogP contribution in [0, 0.1) is 18.3 Å². The number of fused-ring (bicyclic) bond motifs is 1. The molecule has 2 aromatic heterocycles. The molecule has 0 atom stereocenters. The predicted octanol–water partition coefficient (Wildman–Crippen LogP) is 2.86. The van der Waals surface area contributed by atoms with Crippen LogP contribution in [0.2, 0.25) is 0 Å². The fraction of sp³-hybridized carbons (Fsp3) is 0.143. The van der Waals surface area contributed by atoms with Crippen molar-refractivity contribution in [2.24, 2.45) is 0 Å². The zero-order valence-corrected chi connectivity index (χ0v) is 9.92. The summed E-state index contributed by atoms with van der Waals surface area (Å²) in [7, 11) is 0. The van der Waals surface area contributed by atoms with Gasteiger partial charge in [-0.3, -0.25) is 0 Å². The van der Waals surface area contributed by atoms with Crippen molar-refractivity contribution in [3.8, 4) is 6.07 Å². The molecule has 0 radical (unpaired) electrons. The summed E-state index contributed by atoms with van der Waals surface area (Å²) in [5.41, 5.74) is 2.58. The smallest absolute Gasteiger partial charge is 0.133 e. The molecule has 0 saturated carbocycles. The summed E-state index contributed by atoms with van der Waals surface area (Å²) in [5, 5.41) is 14.0. The van der Waals surface area contributed by atoms with Crippen molar-refractivity contribution < 1.29 is 4.52 Å². The molecule has 0 unspecified atom stereocenters. The van der Waals surface area contributed by atoms with E-state index in [1.54, 1.807) is 0 Å². The first-order valence-corrected chi connectivity index (χ1v) is 5.67. The number of hydrogen-bond donors (Lipinski definition) is 0. The number of nitriles is 1. The third-order valence-corrected chi connectivity index (χ3v) is 2.91. The van der Waals surface area contributed by atoms with Gasteiger partial charge in [-0.25, -0.2) is 0 Å². The fourth-order valence-electron chi connectivity index (χ4n) is 2.06. The second-order valence-electron chi connectivity index (χ2n) is 4.26. The second-order valence-corrected chi connectivity index (χ2v) is 4.26. The van der Waals surface area contributed by atoms with E-state index < -0.39 is 0 Å². The Kier molecular flexibility index (Phi) is 2.38. The van der Waals surface area contributed by atoms with Crippen LogP contribution in [0.5, 0.6) is 0 Å². The van der Waals surface area contributed by atoms with Crippen LogP contribution in [-0.4, -0.2) is 9.72 Å². The first kappa shape index (κ1) is 10.6. The van der Waals surface area contributed by atoms with Crippen LogP contribution < -0.4 is 0 Å². The highest BCUT2D eigenvalue weighted by Gasteiger charge is 2.05. The molecule has 0 fully saturated rings. The van der Waals surface area contributed by atoms with Crippen molar-refractivity contribution in [3.05, 3.63) is 53.5 Å². The van der Waals surface area contributed by atoms with Crippen LogP contribution in [0.3, 0.4) is 0 Å². The monoisotopic (exact) mass is 237 g/mol. The van der Waals surface area contributed by atoms with Gasteiger partial charge in [0, 0.05) is 17.8 Å². The SMILES string of the molecule is Cc1cc(Cn2ccc3ccc(C#N)cc32)no1. The highest BCUT2D eigenvalue weighted by molar-refractivity contribution is 5.81. The number of rotatable bonds is 2. The standard InChI is InChI=1S/C14H11N3O/c1-10-6-13(16-18-10)9-17-5-4-12-3-2-11(8-15)7-14(12)17/h2-7H,9H2,1H3. The van der Waals surface area contributed by atoms with Crippen LogP contribution in [0.1, 0.15) is 17.0 Å². The Labute approximate surface area is 104 Å². The molecule has 4 nitrogen and oxygen atoms in total. The van der Waals surface area contributed by atoms with Gasteiger partial charge in [-0.1, -0.05) is 11.2 Å². The zero-order chi connectivity index (χ0) is 12.5. The van der Waals surface area contributed by atoms with E-state index in [0.717, 1.165) is 22.4 Å². The van der Waals surface area contributed by atoms with Gasteiger partial charge in [0.1, 0.15) is 11.5 Å². The molecule has 4 heteroatoms. The molecule has 0 bridgehead atoms. The number of hydrogen-bond acceptors (Lipinski definition) is 3. The average molecular weight is 237 g/mol. The Morgan fingerprint density at radius 2 is 2.22 bits per heavy atom. The Hall–Kier alpha value is -2.54. The van der Waals surface area contributed by atoms with Gasteiger partial charge in [-0.15, -0.1) is 0 Å². The summed E-state index contributed by atoms with van der Waals surface area (Å²) in [6, 6.07) is 11.8. The van der Waals surface area contributed by atoms with Gasteiger partial charge in [0.15, 0.2) is 0 Å². The molecule has 3 rings (SSSR count). The summed E-state index contributed by atoms with van der Waals surface area (Å²) in [4.78, 5) is 0. The molecule has 2 heterocycles. The van der Waals surface area contributed by atoms with E-state index in [-0.39, 0.29) is 0 Å². The van der Waals surface area contributed by atoms with Crippen LogP contribution in [-0.2, 0) is 6.54 Å². The number of nitrogens with zero attached hydrogens (tertiary/aromatic N) is 3. The third-order valence-electron chi connectivity index (χ3n) is 2.91. The summed E-state index contributed by atoms with van der Waals surface area (Å²) >= 11 is 0. The Morgan fingerprint density at radius 1 is 1.33 bits per heavy atom. The first-order chi connectivity index (χ1) is 8.76. The molecule has 0 aliphatic heterocycles. The van der Waals surface area contributed by atoms with E-state index in [4.69, 9.17) is 9.78 Å². The molecule has 0 aliphatic rings. The van der Waals surface area contributed by atoms with E-state index in [1.807, 2.05) is 43.5 Å². The van der Waals surface area contributed by atoms with Crippen molar-refractivity contribution in [1.82, 2.24) is 9.72 Å². The maximum Gasteiger partial charge on any atom is 0.133 e. The normalized spacial score (nSPS) is 10.7. The fourth-order valence-corrected chi connectivity index (χ4v) is 2.06. The number of aryl methyl sites for hydroxylation is 1. The van der Waals surface area contributed by atoms with Crippen molar-refractivity contribution in [2.75, 3.05) is 0 Å². The van der Waals surface area contributed by atoms with E-state index >= 15 is 0 Å². The lowest BCUT2D eigenvalue weighted by Gasteiger charge is -2.02. The molecule has 18 heavy (non-hydrogen) atoms. The van der Waals surface area contributed by atoms with E-state index in [0.29, 0.717) is 12.1 Å². The Morgan fingerprint density at radius 3 is 2.94 bits per heavy atom. The molecule has 88 valence electrons. The second kappa shape index (κ2) is 4.04. The number of aromatic nitrogens is 2. The van der Waals surface area contributed by atoms with Crippen LogP contribution in [0.25, 0.3) is 10.9 Å². The summed E-state index contributed by atoms with van der Waals surface area (Å²) in [5.74, 6) is 0.805. The Balaban J connectivity index is 2.04. The quantitative estimate of drug-likeness (QED) is 0.688. The van der Waals surface area contributed by atoms with Gasteiger partial charge < -0.3 is 9.09 Å². The van der Waals surface area contributed by atoms with Gasteiger partial charge in [0.2, 0.25) is 0 Å². The first-order valence-electron chi connectivity index (χ1n) is 5.67. The molecule has 0 N–H and O–H groups in total. The largest absolute Gasteiger partial charge is 0.361 e. The van der Waals surface area contributed by atoms with Gasteiger partial charge in [-0.05, 0) is 30.5 Å². The number of benzene rings is 1. The molecule has 0 amide bonds. The lowest BCUT2D eigenvalue weighted by molar-refractivity contribution is 0.389. The minimum absolute atomic E-state index is 0.649. The molecule has 1 aromatic carbocycles. The minimum Gasteiger partial charge on any atom is -0.361 e. The van der Waals surface area contributed by atoms with Crippen molar-refractivity contribution >= 4 is 10.9 Å². The minimum atomic E-state index is 0.649. The average Bonchev–Trinajstić information content (AvgIpc) is 2.96. The third kappa shape index (κ3) is 1.76. The van der Waals surface area contributed by atoms with Crippen LogP contribution >= 0.6 is 0 Å².